The number of hydrogen-bond acceptors (Lipinski definition) is 3. The van der Waals surface area contributed by atoms with E-state index in [9.17, 15) is 17.6 Å². The molecular formula is C14H10BrFO4S. The minimum Gasteiger partial charge on any atom is -0.478 e. The molecule has 0 atom stereocenters. The fourth-order valence-electron chi connectivity index (χ4n) is 1.77. The van der Waals surface area contributed by atoms with E-state index in [-0.39, 0.29) is 5.56 Å². The van der Waals surface area contributed by atoms with Gasteiger partial charge in [0.1, 0.15) is 10.7 Å². The zero-order valence-corrected chi connectivity index (χ0v) is 13.0. The second-order valence-corrected chi connectivity index (χ2v) is 7.11. The zero-order chi connectivity index (χ0) is 15.6. The van der Waals surface area contributed by atoms with E-state index in [0.29, 0.717) is 10.0 Å². The van der Waals surface area contributed by atoms with Gasteiger partial charge in [0, 0.05) is 4.47 Å². The Morgan fingerprint density at radius 1 is 1.19 bits per heavy atom. The van der Waals surface area contributed by atoms with Crippen molar-refractivity contribution >= 4 is 31.7 Å². The normalized spacial score (nSPS) is 11.3. The maximum absolute atomic E-state index is 13.7. The van der Waals surface area contributed by atoms with Crippen molar-refractivity contribution in [1.82, 2.24) is 0 Å². The summed E-state index contributed by atoms with van der Waals surface area (Å²) in [7, 11) is -3.99. The molecule has 0 aromatic heterocycles. The van der Waals surface area contributed by atoms with Crippen LogP contribution in [0.15, 0.2) is 51.8 Å². The van der Waals surface area contributed by atoms with E-state index in [1.807, 2.05) is 0 Å². The first kappa shape index (κ1) is 15.7. The highest BCUT2D eigenvalue weighted by Crippen LogP contribution is 2.24. The van der Waals surface area contributed by atoms with Gasteiger partial charge in [0.05, 0.1) is 11.3 Å². The van der Waals surface area contributed by atoms with E-state index in [0.717, 1.165) is 18.2 Å². The molecule has 0 heterocycles. The Morgan fingerprint density at radius 3 is 2.48 bits per heavy atom. The Bertz CT molecular complexity index is 802. The third-order valence-corrected chi connectivity index (χ3v) is 5.26. The highest BCUT2D eigenvalue weighted by atomic mass is 79.9. The van der Waals surface area contributed by atoms with Gasteiger partial charge in [0.15, 0.2) is 9.84 Å². The lowest BCUT2D eigenvalue weighted by Gasteiger charge is -2.08. The number of aromatic carboxylic acids is 1. The largest absolute Gasteiger partial charge is 0.478 e. The summed E-state index contributed by atoms with van der Waals surface area (Å²) in [5.41, 5.74) is 0.194. The Labute approximate surface area is 129 Å². The van der Waals surface area contributed by atoms with Crippen LogP contribution in [0.1, 0.15) is 15.9 Å². The number of halogens is 2. The van der Waals surface area contributed by atoms with Crippen LogP contribution < -0.4 is 0 Å². The first-order valence-electron chi connectivity index (χ1n) is 5.80. The fourth-order valence-corrected chi connectivity index (χ4v) is 3.87. The summed E-state index contributed by atoms with van der Waals surface area (Å²) in [5, 5.41) is 8.87. The average molecular weight is 373 g/mol. The summed E-state index contributed by atoms with van der Waals surface area (Å²) in [6.07, 6.45) is 0. The van der Waals surface area contributed by atoms with E-state index in [1.54, 1.807) is 24.3 Å². The fraction of sp³-hybridized carbons (Fsp3) is 0.0714. The number of carboxylic acid groups (broad SMARTS) is 1. The molecule has 1 N–H and O–H groups in total. The van der Waals surface area contributed by atoms with Gasteiger partial charge in [-0.3, -0.25) is 0 Å². The third-order valence-electron chi connectivity index (χ3n) is 2.82. The maximum atomic E-state index is 13.7. The molecule has 2 rings (SSSR count). The van der Waals surface area contributed by atoms with E-state index in [2.05, 4.69) is 15.9 Å². The molecule has 21 heavy (non-hydrogen) atoms. The minimum atomic E-state index is -3.99. The molecule has 0 aliphatic rings. The molecule has 2 aromatic rings. The first-order chi connectivity index (χ1) is 9.81. The van der Waals surface area contributed by atoms with Crippen molar-refractivity contribution in [1.29, 1.82) is 0 Å². The van der Waals surface area contributed by atoms with Crippen LogP contribution in [0, 0.1) is 5.82 Å². The van der Waals surface area contributed by atoms with Gasteiger partial charge in [-0.15, -0.1) is 0 Å². The van der Waals surface area contributed by atoms with Gasteiger partial charge in [-0.2, -0.15) is 0 Å². The summed E-state index contributed by atoms with van der Waals surface area (Å²) in [5.74, 6) is -2.70. The number of benzene rings is 2. The summed E-state index contributed by atoms with van der Waals surface area (Å²) in [4.78, 5) is 10.3. The third kappa shape index (κ3) is 3.48. The van der Waals surface area contributed by atoms with Crippen molar-refractivity contribution in [2.45, 2.75) is 10.6 Å². The molecular weight excluding hydrogens is 363 g/mol. The van der Waals surface area contributed by atoms with E-state index in [1.165, 1.54) is 0 Å². The van der Waals surface area contributed by atoms with Crippen LogP contribution in [0.3, 0.4) is 0 Å². The Kier molecular flexibility index (Phi) is 4.43. The molecule has 0 aliphatic heterocycles. The van der Waals surface area contributed by atoms with Crippen LogP contribution in [0.4, 0.5) is 4.39 Å². The number of carbonyl (C=O) groups is 1. The average Bonchev–Trinajstić information content (AvgIpc) is 2.41. The van der Waals surface area contributed by atoms with E-state index < -0.39 is 32.3 Å². The maximum Gasteiger partial charge on any atom is 0.335 e. The van der Waals surface area contributed by atoms with Crippen LogP contribution >= 0.6 is 15.9 Å². The molecule has 0 saturated heterocycles. The quantitative estimate of drug-likeness (QED) is 0.893. The molecule has 0 spiro atoms. The summed E-state index contributed by atoms with van der Waals surface area (Å²) >= 11 is 3.23. The molecule has 0 unspecified atom stereocenters. The van der Waals surface area contributed by atoms with E-state index >= 15 is 0 Å². The van der Waals surface area contributed by atoms with Gasteiger partial charge in [-0.1, -0.05) is 34.1 Å². The highest BCUT2D eigenvalue weighted by molar-refractivity contribution is 9.10. The zero-order valence-electron chi connectivity index (χ0n) is 10.6. The predicted molar refractivity (Wildman–Crippen MR) is 78.4 cm³/mol. The van der Waals surface area contributed by atoms with Crippen molar-refractivity contribution in [2.24, 2.45) is 0 Å². The molecule has 110 valence electrons. The smallest absolute Gasteiger partial charge is 0.335 e. The first-order valence-corrected chi connectivity index (χ1v) is 8.25. The molecule has 0 saturated carbocycles. The summed E-state index contributed by atoms with van der Waals surface area (Å²) < 4.78 is 38.9. The van der Waals surface area contributed by atoms with Crippen molar-refractivity contribution < 1.29 is 22.7 Å². The van der Waals surface area contributed by atoms with Gasteiger partial charge in [0.2, 0.25) is 0 Å². The molecule has 0 aliphatic carbocycles. The van der Waals surface area contributed by atoms with Crippen LogP contribution in [0.2, 0.25) is 0 Å². The van der Waals surface area contributed by atoms with Gasteiger partial charge in [0.25, 0.3) is 0 Å². The second-order valence-electron chi connectivity index (χ2n) is 4.30. The van der Waals surface area contributed by atoms with Crippen LogP contribution in [-0.2, 0) is 15.6 Å². The number of hydrogen-bond donors (Lipinski definition) is 1. The van der Waals surface area contributed by atoms with Crippen molar-refractivity contribution in [2.75, 3.05) is 0 Å². The van der Waals surface area contributed by atoms with Gasteiger partial charge in [-0.25, -0.2) is 17.6 Å². The highest BCUT2D eigenvalue weighted by Gasteiger charge is 2.22. The van der Waals surface area contributed by atoms with Crippen LogP contribution in [0.25, 0.3) is 0 Å². The molecule has 7 heteroatoms. The molecule has 2 aromatic carbocycles. The van der Waals surface area contributed by atoms with Gasteiger partial charge < -0.3 is 5.11 Å². The van der Waals surface area contributed by atoms with E-state index in [4.69, 9.17) is 5.11 Å². The Hall–Kier alpha value is -1.73. The molecule has 0 radical (unpaired) electrons. The lowest BCUT2D eigenvalue weighted by Crippen LogP contribution is -2.09. The second kappa shape index (κ2) is 5.95. The summed E-state index contributed by atoms with van der Waals surface area (Å²) in [6.45, 7) is 0. The molecule has 4 nitrogen and oxygen atoms in total. The molecule has 0 amide bonds. The number of sulfone groups is 1. The monoisotopic (exact) mass is 372 g/mol. The van der Waals surface area contributed by atoms with Crippen molar-refractivity contribution in [3.63, 3.8) is 0 Å². The Balaban J connectivity index is 2.47. The number of rotatable bonds is 4. The van der Waals surface area contributed by atoms with Gasteiger partial charge >= 0.3 is 5.97 Å². The lowest BCUT2D eigenvalue weighted by molar-refractivity contribution is 0.0696. The molecule has 0 bridgehead atoms. The SMILES string of the molecule is O=C(O)c1ccc(F)c(S(=O)(=O)Cc2ccccc2Br)c1. The standard InChI is InChI=1S/C14H10BrFO4S/c15-11-4-2-1-3-10(11)8-21(19,20)13-7-9(14(17)18)5-6-12(13)16/h1-7H,8H2,(H,17,18). The topological polar surface area (TPSA) is 71.4 Å². The van der Waals surface area contributed by atoms with Crippen molar-refractivity contribution in [3.8, 4) is 0 Å². The Morgan fingerprint density at radius 2 is 1.86 bits per heavy atom. The van der Waals surface area contributed by atoms with Crippen molar-refractivity contribution in [3.05, 3.63) is 63.9 Å². The summed E-state index contributed by atoms with van der Waals surface area (Å²) in [6, 6.07) is 9.37. The minimum absolute atomic E-state index is 0.276. The predicted octanol–water partition coefficient (Wildman–Crippen LogP) is 3.26. The lowest BCUT2D eigenvalue weighted by atomic mass is 10.2. The van der Waals surface area contributed by atoms with Gasteiger partial charge in [-0.05, 0) is 29.8 Å². The molecule has 0 fully saturated rings. The number of carboxylic acids is 1. The van der Waals surface area contributed by atoms with Crippen LogP contribution in [-0.4, -0.2) is 19.5 Å². The van der Waals surface area contributed by atoms with Crippen LogP contribution in [0.5, 0.6) is 0 Å².